The molecule has 0 aromatic carbocycles. The van der Waals surface area contributed by atoms with Gasteiger partial charge in [0.05, 0.1) is 30.7 Å². The minimum Gasteiger partial charge on any atom is -0.508 e. The smallest absolute Gasteiger partial charge is 0.328 e. The highest BCUT2D eigenvalue weighted by Gasteiger charge is 2.38. The summed E-state index contributed by atoms with van der Waals surface area (Å²) in [6.07, 6.45) is 1.00. The van der Waals surface area contributed by atoms with Gasteiger partial charge in [0.1, 0.15) is 18.4 Å². The van der Waals surface area contributed by atoms with Crippen LogP contribution in [0.3, 0.4) is 0 Å². The van der Waals surface area contributed by atoms with Gasteiger partial charge in [-0.3, -0.25) is 4.99 Å². The topological polar surface area (TPSA) is 152 Å². The van der Waals surface area contributed by atoms with Crippen molar-refractivity contribution in [2.75, 3.05) is 20.3 Å². The van der Waals surface area contributed by atoms with E-state index in [1.807, 2.05) is 0 Å². The molecule has 1 aliphatic carbocycles. The fraction of sp³-hybridized carbons (Fsp3) is 0.571. The van der Waals surface area contributed by atoms with Crippen molar-refractivity contribution < 1.29 is 35.1 Å². The lowest BCUT2D eigenvalue weighted by molar-refractivity contribution is -0.138. The van der Waals surface area contributed by atoms with Gasteiger partial charge in [-0.1, -0.05) is 0 Å². The van der Waals surface area contributed by atoms with Crippen LogP contribution in [0.4, 0.5) is 0 Å². The van der Waals surface area contributed by atoms with Gasteiger partial charge >= 0.3 is 5.97 Å². The van der Waals surface area contributed by atoms with Gasteiger partial charge in [0.25, 0.3) is 0 Å². The first-order valence-corrected chi connectivity index (χ1v) is 6.92. The first-order valence-electron chi connectivity index (χ1n) is 6.92. The monoisotopic (exact) mass is 330 g/mol. The Hall–Kier alpha value is -2.10. The molecule has 0 aromatic heterocycles. The number of ether oxygens (including phenoxy) is 1. The summed E-state index contributed by atoms with van der Waals surface area (Å²) in [4.78, 5) is 15.0. The zero-order chi connectivity index (χ0) is 17.6. The van der Waals surface area contributed by atoms with Crippen molar-refractivity contribution in [1.29, 1.82) is 0 Å². The summed E-state index contributed by atoms with van der Waals surface area (Å²) in [6.45, 7) is 0.231. The number of carboxylic acid groups (broad SMARTS) is 1. The Labute approximate surface area is 133 Å². The van der Waals surface area contributed by atoms with Gasteiger partial charge in [0.2, 0.25) is 0 Å². The molecule has 0 unspecified atom stereocenters. The molecule has 0 heterocycles. The lowest BCUT2D eigenvalue weighted by Gasteiger charge is -2.33. The van der Waals surface area contributed by atoms with Crippen LogP contribution in [0, 0.1) is 0 Å². The summed E-state index contributed by atoms with van der Waals surface area (Å²) in [5.74, 6) is -1.26. The number of rotatable bonds is 7. The molecule has 6 N–H and O–H groups in total. The number of aliphatic imine (C=N–C) groups is 1. The molecule has 1 rings (SSSR count). The molecule has 0 radical (unpaired) electrons. The van der Waals surface area contributed by atoms with Crippen molar-refractivity contribution >= 4 is 11.7 Å². The number of carbonyl (C=O) groups is 1. The van der Waals surface area contributed by atoms with Crippen molar-refractivity contribution in [2.24, 2.45) is 4.99 Å². The highest BCUT2D eigenvalue weighted by atomic mass is 16.5. The summed E-state index contributed by atoms with van der Waals surface area (Å²) in [5, 5.41) is 49.5. The van der Waals surface area contributed by atoms with Gasteiger partial charge in [-0.2, -0.15) is 0 Å². The average Bonchev–Trinajstić information content (AvgIpc) is 2.52. The summed E-state index contributed by atoms with van der Waals surface area (Å²) >= 11 is 0. The predicted octanol–water partition coefficient (Wildman–Crippen LogP) is -0.743. The fourth-order valence-corrected chi connectivity index (χ4v) is 2.12. The predicted molar refractivity (Wildman–Crippen MR) is 80.8 cm³/mol. The van der Waals surface area contributed by atoms with E-state index in [0.717, 1.165) is 6.20 Å². The molecule has 1 aliphatic rings. The molecule has 2 atom stereocenters. The molecule has 9 nitrogen and oxygen atoms in total. The van der Waals surface area contributed by atoms with Crippen LogP contribution in [0.25, 0.3) is 0 Å². The molecule has 0 aromatic rings. The van der Waals surface area contributed by atoms with Crippen LogP contribution in [0.5, 0.6) is 0 Å². The molecule has 0 spiro atoms. The van der Waals surface area contributed by atoms with Gasteiger partial charge < -0.3 is 35.6 Å². The number of aliphatic hydroxyl groups is 4. The third kappa shape index (κ3) is 4.95. The van der Waals surface area contributed by atoms with Crippen LogP contribution in [-0.4, -0.2) is 69.2 Å². The number of hydrogen-bond acceptors (Lipinski definition) is 8. The number of nitrogens with zero attached hydrogens (tertiary/aromatic N) is 1. The van der Waals surface area contributed by atoms with Crippen LogP contribution < -0.4 is 5.32 Å². The molecule has 0 amide bonds. The highest BCUT2D eigenvalue weighted by molar-refractivity contribution is 6.01. The van der Waals surface area contributed by atoms with E-state index in [4.69, 9.17) is 14.9 Å². The van der Waals surface area contributed by atoms with E-state index in [0.29, 0.717) is 5.70 Å². The molecule has 130 valence electrons. The van der Waals surface area contributed by atoms with Crippen molar-refractivity contribution in [3.63, 3.8) is 0 Å². The normalized spacial score (nSPS) is 25.4. The third-order valence-electron chi connectivity index (χ3n) is 3.32. The second kappa shape index (κ2) is 7.95. The van der Waals surface area contributed by atoms with E-state index in [-0.39, 0.29) is 30.1 Å². The lowest BCUT2D eigenvalue weighted by atomic mass is 9.85. The lowest BCUT2D eigenvalue weighted by Crippen LogP contribution is -2.43. The maximum absolute atomic E-state index is 11.0. The summed E-state index contributed by atoms with van der Waals surface area (Å²) in [5.41, 5.74) is -1.05. The van der Waals surface area contributed by atoms with E-state index >= 15 is 0 Å². The van der Waals surface area contributed by atoms with Crippen LogP contribution in [0.1, 0.15) is 19.8 Å². The quantitative estimate of drug-likeness (QED) is 0.334. The van der Waals surface area contributed by atoms with Crippen molar-refractivity contribution in [2.45, 2.75) is 31.4 Å². The Balaban J connectivity index is 3.27. The maximum atomic E-state index is 11.0. The van der Waals surface area contributed by atoms with Gasteiger partial charge in [-0.05, 0) is 6.92 Å². The number of nitrogens with one attached hydrogen (secondary N) is 1. The van der Waals surface area contributed by atoms with Crippen molar-refractivity contribution in [3.05, 3.63) is 23.4 Å². The Morgan fingerprint density at radius 3 is 2.57 bits per heavy atom. The summed E-state index contributed by atoms with van der Waals surface area (Å²) in [6, 6.07) is -1.06. The van der Waals surface area contributed by atoms with Crippen molar-refractivity contribution in [3.8, 4) is 0 Å². The second-order valence-corrected chi connectivity index (χ2v) is 5.28. The second-order valence-electron chi connectivity index (χ2n) is 5.28. The Morgan fingerprint density at radius 2 is 2.09 bits per heavy atom. The fourth-order valence-electron chi connectivity index (χ4n) is 2.12. The number of carboxylic acids is 1. The molecule has 23 heavy (non-hydrogen) atoms. The number of aliphatic hydroxyl groups excluding tert-OH is 3. The van der Waals surface area contributed by atoms with Gasteiger partial charge in [0, 0.05) is 19.0 Å². The number of aliphatic carboxylic acids is 1. The molecule has 0 aliphatic heterocycles. The Morgan fingerprint density at radius 1 is 1.43 bits per heavy atom. The van der Waals surface area contributed by atoms with Crippen molar-refractivity contribution in [1.82, 2.24) is 5.32 Å². The first-order chi connectivity index (χ1) is 10.8. The minimum absolute atomic E-state index is 0.0254. The molecular weight excluding hydrogens is 308 g/mol. The number of hydrogen-bond donors (Lipinski definition) is 6. The molecule has 9 heteroatoms. The Kier molecular flexibility index (Phi) is 6.55. The van der Waals surface area contributed by atoms with Crippen LogP contribution in [-0.2, 0) is 9.53 Å². The summed E-state index contributed by atoms with van der Waals surface area (Å²) < 4.78 is 5.23. The number of methoxy groups -OCH3 is 1. The Bertz CT molecular complexity index is 541. The summed E-state index contributed by atoms with van der Waals surface area (Å²) in [7, 11) is 1.36. The number of allylic oxidation sites excluding steroid dienone is 1. The van der Waals surface area contributed by atoms with Gasteiger partial charge in [-0.25, -0.2) is 4.79 Å². The van der Waals surface area contributed by atoms with Gasteiger partial charge in [0.15, 0.2) is 5.76 Å². The SMILES string of the molecule is COC1=C(N/C=C(/O)CO)C[C@](O)(CO)CC1=N[C@@H](C)C(=O)O. The zero-order valence-electron chi connectivity index (χ0n) is 13.0. The maximum Gasteiger partial charge on any atom is 0.328 e. The van der Waals surface area contributed by atoms with Crippen LogP contribution in [0.2, 0.25) is 0 Å². The largest absolute Gasteiger partial charge is 0.508 e. The van der Waals surface area contributed by atoms with E-state index in [1.54, 1.807) is 0 Å². The average molecular weight is 330 g/mol. The molecule has 0 saturated carbocycles. The zero-order valence-corrected chi connectivity index (χ0v) is 13.0. The standard InChI is InChI=1S/C14H22N2O7/c1-8(13(20)21)16-11-4-14(22,7-18)3-10(12(11)23-2)15-5-9(19)6-17/h5,8,15,17-19,22H,3-4,6-7H2,1-2H3,(H,20,21)/b9-5+,16-11?/t8-,14+/m0/s1. The molecule has 0 bridgehead atoms. The van der Waals surface area contributed by atoms with Crippen LogP contribution in [0.15, 0.2) is 28.4 Å². The van der Waals surface area contributed by atoms with E-state index < -0.39 is 30.8 Å². The first kappa shape index (κ1) is 18.9. The molecule has 0 saturated heterocycles. The van der Waals surface area contributed by atoms with E-state index in [1.165, 1.54) is 14.0 Å². The highest BCUT2D eigenvalue weighted by Crippen LogP contribution is 2.30. The van der Waals surface area contributed by atoms with E-state index in [2.05, 4.69) is 10.3 Å². The molecule has 0 fully saturated rings. The minimum atomic E-state index is -1.54. The molecular formula is C14H22N2O7. The van der Waals surface area contributed by atoms with Gasteiger partial charge in [-0.15, -0.1) is 0 Å². The van der Waals surface area contributed by atoms with Crippen LogP contribution >= 0.6 is 0 Å². The third-order valence-corrected chi connectivity index (χ3v) is 3.32. The van der Waals surface area contributed by atoms with E-state index in [9.17, 15) is 20.1 Å².